The van der Waals surface area contributed by atoms with Crippen molar-refractivity contribution in [1.29, 1.82) is 0 Å². The molecule has 11 heavy (non-hydrogen) atoms. The first kappa shape index (κ1) is 6.30. The van der Waals surface area contributed by atoms with Gasteiger partial charge in [0, 0.05) is 18.8 Å². The summed E-state index contributed by atoms with van der Waals surface area (Å²) in [5.41, 5.74) is 7.30. The molecule has 0 saturated heterocycles. The molecule has 0 unspecified atom stereocenters. The van der Waals surface area contributed by atoms with Gasteiger partial charge in [-0.05, 0) is 6.07 Å². The van der Waals surface area contributed by atoms with Crippen LogP contribution in [0.2, 0.25) is 0 Å². The maximum atomic E-state index is 5.49. The third-order valence-electron chi connectivity index (χ3n) is 1.58. The minimum Gasteiger partial charge on any atom is -0.325 e. The van der Waals surface area contributed by atoms with Crippen LogP contribution in [-0.2, 0) is 6.54 Å². The zero-order valence-corrected chi connectivity index (χ0v) is 5.94. The number of nitrogens with zero attached hydrogens (tertiary/aromatic N) is 3. The Morgan fingerprint density at radius 1 is 1.36 bits per heavy atom. The molecule has 0 aromatic carbocycles. The normalized spacial score (nSPS) is 10.6. The van der Waals surface area contributed by atoms with Gasteiger partial charge in [-0.15, -0.1) is 0 Å². The van der Waals surface area contributed by atoms with Crippen LogP contribution in [0.1, 0.15) is 5.69 Å². The largest absolute Gasteiger partial charge is 0.325 e. The first-order valence-electron chi connectivity index (χ1n) is 3.39. The zero-order chi connectivity index (χ0) is 7.68. The van der Waals surface area contributed by atoms with Gasteiger partial charge in [-0.25, -0.2) is 9.50 Å². The van der Waals surface area contributed by atoms with Gasteiger partial charge in [-0.2, -0.15) is 5.10 Å². The molecule has 0 atom stereocenters. The standard InChI is InChI=1S/C7H8N4/c8-5-6-1-3-9-7-2-4-10-11(6)7/h1-4H,5,8H2. The van der Waals surface area contributed by atoms with E-state index >= 15 is 0 Å². The minimum absolute atomic E-state index is 0.487. The highest BCUT2D eigenvalue weighted by Gasteiger charge is 1.97. The van der Waals surface area contributed by atoms with Gasteiger partial charge in [0.1, 0.15) is 0 Å². The number of hydrogen-bond acceptors (Lipinski definition) is 3. The van der Waals surface area contributed by atoms with Gasteiger partial charge in [-0.1, -0.05) is 0 Å². The summed E-state index contributed by atoms with van der Waals surface area (Å²) >= 11 is 0. The summed E-state index contributed by atoms with van der Waals surface area (Å²) in [6.07, 6.45) is 3.45. The fraction of sp³-hybridized carbons (Fsp3) is 0.143. The van der Waals surface area contributed by atoms with Crippen molar-refractivity contribution in [2.75, 3.05) is 0 Å². The first-order chi connectivity index (χ1) is 5.42. The summed E-state index contributed by atoms with van der Waals surface area (Å²) in [6, 6.07) is 3.71. The monoisotopic (exact) mass is 148 g/mol. The van der Waals surface area contributed by atoms with Crippen LogP contribution in [0.3, 0.4) is 0 Å². The summed E-state index contributed by atoms with van der Waals surface area (Å²) in [5, 5.41) is 4.06. The Kier molecular flexibility index (Phi) is 1.33. The molecule has 0 bridgehead atoms. The Bertz CT molecular complexity index is 365. The van der Waals surface area contributed by atoms with Crippen LogP contribution in [0, 0.1) is 0 Å². The first-order valence-corrected chi connectivity index (χ1v) is 3.39. The summed E-state index contributed by atoms with van der Waals surface area (Å²) in [4.78, 5) is 4.09. The lowest BCUT2D eigenvalue weighted by atomic mass is 10.4. The molecule has 0 aliphatic carbocycles. The van der Waals surface area contributed by atoms with E-state index in [1.165, 1.54) is 0 Å². The lowest BCUT2D eigenvalue weighted by Crippen LogP contribution is -2.05. The Labute approximate surface area is 63.7 Å². The van der Waals surface area contributed by atoms with Gasteiger partial charge in [0.05, 0.1) is 11.9 Å². The molecule has 2 aromatic rings. The van der Waals surface area contributed by atoms with Gasteiger partial charge >= 0.3 is 0 Å². The van der Waals surface area contributed by atoms with Gasteiger partial charge in [0.15, 0.2) is 5.65 Å². The smallest absolute Gasteiger partial charge is 0.155 e. The second kappa shape index (κ2) is 2.32. The SMILES string of the molecule is NCc1ccnc2ccnn12. The number of rotatable bonds is 1. The van der Waals surface area contributed by atoms with Crippen molar-refractivity contribution in [3.63, 3.8) is 0 Å². The molecule has 2 N–H and O–H groups in total. The highest BCUT2D eigenvalue weighted by molar-refractivity contribution is 5.36. The molecule has 2 rings (SSSR count). The molecule has 0 radical (unpaired) electrons. The van der Waals surface area contributed by atoms with Crippen molar-refractivity contribution in [1.82, 2.24) is 14.6 Å². The minimum atomic E-state index is 0.487. The van der Waals surface area contributed by atoms with E-state index in [1.807, 2.05) is 12.1 Å². The molecule has 0 aliphatic heterocycles. The summed E-state index contributed by atoms with van der Waals surface area (Å²) in [5.74, 6) is 0. The Hall–Kier alpha value is -1.42. The fourth-order valence-electron chi connectivity index (χ4n) is 1.04. The maximum absolute atomic E-state index is 5.49. The number of nitrogens with two attached hydrogens (primary N) is 1. The van der Waals surface area contributed by atoms with Crippen LogP contribution in [0.4, 0.5) is 0 Å². The van der Waals surface area contributed by atoms with Crippen LogP contribution < -0.4 is 5.73 Å². The Morgan fingerprint density at radius 2 is 2.27 bits per heavy atom. The molecule has 0 amide bonds. The van der Waals surface area contributed by atoms with E-state index in [0.29, 0.717) is 6.54 Å². The lowest BCUT2D eigenvalue weighted by Gasteiger charge is -1.98. The second-order valence-electron chi connectivity index (χ2n) is 2.24. The van der Waals surface area contributed by atoms with Crippen LogP contribution in [-0.4, -0.2) is 14.6 Å². The highest BCUT2D eigenvalue weighted by atomic mass is 15.2. The predicted octanol–water partition coefficient (Wildman–Crippen LogP) is 0.188. The number of fused-ring (bicyclic) bond motifs is 1. The molecule has 4 heteroatoms. The Morgan fingerprint density at radius 3 is 3.09 bits per heavy atom. The van der Waals surface area contributed by atoms with Crippen molar-refractivity contribution in [3.8, 4) is 0 Å². The van der Waals surface area contributed by atoms with Crippen molar-refractivity contribution in [3.05, 3.63) is 30.2 Å². The molecule has 4 nitrogen and oxygen atoms in total. The van der Waals surface area contributed by atoms with Gasteiger partial charge in [-0.3, -0.25) is 0 Å². The second-order valence-corrected chi connectivity index (χ2v) is 2.24. The molecular weight excluding hydrogens is 140 g/mol. The van der Waals surface area contributed by atoms with Gasteiger partial charge < -0.3 is 5.73 Å². The fourth-order valence-corrected chi connectivity index (χ4v) is 1.04. The third-order valence-corrected chi connectivity index (χ3v) is 1.58. The molecule has 0 spiro atoms. The average Bonchev–Trinajstić information content (AvgIpc) is 2.50. The summed E-state index contributed by atoms with van der Waals surface area (Å²) in [7, 11) is 0. The topological polar surface area (TPSA) is 56.2 Å². The van der Waals surface area contributed by atoms with E-state index in [4.69, 9.17) is 5.73 Å². The van der Waals surface area contributed by atoms with Gasteiger partial charge in [0.25, 0.3) is 0 Å². The third kappa shape index (κ3) is 0.877. The van der Waals surface area contributed by atoms with Crippen molar-refractivity contribution in [2.24, 2.45) is 5.73 Å². The average molecular weight is 148 g/mol. The number of aromatic nitrogens is 3. The maximum Gasteiger partial charge on any atom is 0.155 e. The number of hydrogen-bond donors (Lipinski definition) is 1. The van der Waals surface area contributed by atoms with Crippen molar-refractivity contribution >= 4 is 5.65 Å². The molecular formula is C7H8N4. The van der Waals surface area contributed by atoms with E-state index < -0.39 is 0 Å². The molecule has 2 aromatic heterocycles. The summed E-state index contributed by atoms with van der Waals surface area (Å²) < 4.78 is 1.74. The molecule has 2 heterocycles. The van der Waals surface area contributed by atoms with E-state index in [-0.39, 0.29) is 0 Å². The lowest BCUT2D eigenvalue weighted by molar-refractivity contribution is 0.835. The van der Waals surface area contributed by atoms with Crippen molar-refractivity contribution in [2.45, 2.75) is 6.54 Å². The Balaban J connectivity index is 2.79. The van der Waals surface area contributed by atoms with E-state index in [1.54, 1.807) is 16.9 Å². The molecule has 0 aliphatic rings. The van der Waals surface area contributed by atoms with E-state index in [0.717, 1.165) is 11.3 Å². The molecule has 0 fully saturated rings. The van der Waals surface area contributed by atoms with Crippen molar-refractivity contribution < 1.29 is 0 Å². The van der Waals surface area contributed by atoms with Crippen LogP contribution in [0.15, 0.2) is 24.5 Å². The van der Waals surface area contributed by atoms with Crippen LogP contribution >= 0.6 is 0 Å². The zero-order valence-electron chi connectivity index (χ0n) is 5.94. The predicted molar refractivity (Wildman–Crippen MR) is 40.9 cm³/mol. The molecule has 0 saturated carbocycles. The quantitative estimate of drug-likeness (QED) is 0.628. The van der Waals surface area contributed by atoms with Gasteiger partial charge in [0.2, 0.25) is 0 Å². The van der Waals surface area contributed by atoms with E-state index in [9.17, 15) is 0 Å². The van der Waals surface area contributed by atoms with Crippen LogP contribution in [0.5, 0.6) is 0 Å². The van der Waals surface area contributed by atoms with E-state index in [2.05, 4.69) is 10.1 Å². The summed E-state index contributed by atoms with van der Waals surface area (Å²) in [6.45, 7) is 0.487. The van der Waals surface area contributed by atoms with Crippen LogP contribution in [0.25, 0.3) is 5.65 Å². The molecule has 56 valence electrons. The highest BCUT2D eigenvalue weighted by Crippen LogP contribution is 2.00.